The molecular formula is C17H22O4S. The van der Waals surface area contributed by atoms with E-state index in [4.69, 9.17) is 5.11 Å². The fourth-order valence-electron chi connectivity index (χ4n) is 3.50. The molecule has 0 aromatic heterocycles. The van der Waals surface area contributed by atoms with Gasteiger partial charge in [0.25, 0.3) is 0 Å². The third-order valence-electron chi connectivity index (χ3n) is 4.93. The van der Waals surface area contributed by atoms with Crippen LogP contribution in [0.1, 0.15) is 49.1 Å². The van der Waals surface area contributed by atoms with Gasteiger partial charge in [0.2, 0.25) is 0 Å². The Morgan fingerprint density at radius 1 is 1.27 bits per heavy atom. The standard InChI is InChI=1S/C17H22O4S/c1-22(20,21)11-17(8-9-17)14-6-4-13(5-7-14)15(10-16(18)19)12-2-3-12/h4-7,12,15H,2-3,8-11H2,1H3,(H,18,19). The first kappa shape index (κ1) is 15.5. The van der Waals surface area contributed by atoms with Crippen LogP contribution in [-0.4, -0.2) is 31.5 Å². The highest BCUT2D eigenvalue weighted by atomic mass is 32.2. The van der Waals surface area contributed by atoms with Crippen LogP contribution in [0.4, 0.5) is 0 Å². The summed E-state index contributed by atoms with van der Waals surface area (Å²) in [5, 5.41) is 9.08. The number of hydrogen-bond acceptors (Lipinski definition) is 3. The molecule has 0 bridgehead atoms. The molecule has 5 heteroatoms. The minimum absolute atomic E-state index is 0.0941. The maximum absolute atomic E-state index is 11.6. The van der Waals surface area contributed by atoms with Gasteiger partial charge in [0.05, 0.1) is 12.2 Å². The molecule has 22 heavy (non-hydrogen) atoms. The zero-order chi connectivity index (χ0) is 16.0. The lowest BCUT2D eigenvalue weighted by Gasteiger charge is -2.18. The molecule has 2 aliphatic rings. The van der Waals surface area contributed by atoms with Gasteiger partial charge in [-0.1, -0.05) is 24.3 Å². The van der Waals surface area contributed by atoms with E-state index in [9.17, 15) is 13.2 Å². The molecule has 2 aliphatic carbocycles. The van der Waals surface area contributed by atoms with E-state index in [1.54, 1.807) is 0 Å². The van der Waals surface area contributed by atoms with E-state index in [-0.39, 0.29) is 23.5 Å². The predicted octanol–water partition coefficient (Wildman–Crippen LogP) is 2.73. The predicted molar refractivity (Wildman–Crippen MR) is 84.8 cm³/mol. The van der Waals surface area contributed by atoms with E-state index in [2.05, 4.69) is 0 Å². The molecule has 3 rings (SSSR count). The molecular weight excluding hydrogens is 300 g/mol. The van der Waals surface area contributed by atoms with Gasteiger partial charge in [-0.15, -0.1) is 0 Å². The van der Waals surface area contributed by atoms with E-state index in [1.807, 2.05) is 24.3 Å². The monoisotopic (exact) mass is 322 g/mol. The van der Waals surface area contributed by atoms with Gasteiger partial charge in [0.15, 0.2) is 0 Å². The Morgan fingerprint density at radius 2 is 1.86 bits per heavy atom. The Bertz CT molecular complexity index is 667. The molecule has 4 nitrogen and oxygen atoms in total. The first-order valence-electron chi connectivity index (χ1n) is 7.79. The van der Waals surface area contributed by atoms with Crippen LogP contribution >= 0.6 is 0 Å². The van der Waals surface area contributed by atoms with Crippen molar-refractivity contribution >= 4 is 15.8 Å². The van der Waals surface area contributed by atoms with Crippen molar-refractivity contribution in [1.82, 2.24) is 0 Å². The molecule has 1 atom stereocenters. The summed E-state index contributed by atoms with van der Waals surface area (Å²) in [5.41, 5.74) is 1.95. The van der Waals surface area contributed by atoms with Crippen molar-refractivity contribution in [3.8, 4) is 0 Å². The minimum Gasteiger partial charge on any atom is -0.481 e. The second-order valence-corrected chi connectivity index (χ2v) is 9.15. The second-order valence-electron chi connectivity index (χ2n) is 7.01. The van der Waals surface area contributed by atoms with Crippen LogP contribution < -0.4 is 0 Å². The summed E-state index contributed by atoms with van der Waals surface area (Å²) in [6, 6.07) is 8.02. The van der Waals surface area contributed by atoms with Crippen LogP contribution in [0.15, 0.2) is 24.3 Å². The van der Waals surface area contributed by atoms with Crippen molar-refractivity contribution < 1.29 is 18.3 Å². The fourth-order valence-corrected chi connectivity index (χ4v) is 4.96. The molecule has 0 spiro atoms. The fraction of sp³-hybridized carbons (Fsp3) is 0.588. The van der Waals surface area contributed by atoms with Crippen LogP contribution in [0.2, 0.25) is 0 Å². The summed E-state index contributed by atoms with van der Waals surface area (Å²) < 4.78 is 23.2. The van der Waals surface area contributed by atoms with Gasteiger partial charge < -0.3 is 5.11 Å². The van der Waals surface area contributed by atoms with Crippen molar-refractivity contribution in [2.45, 2.75) is 43.4 Å². The first-order valence-corrected chi connectivity index (χ1v) is 9.85. The quantitative estimate of drug-likeness (QED) is 0.838. The summed E-state index contributed by atoms with van der Waals surface area (Å²) in [6.45, 7) is 0. The molecule has 120 valence electrons. The molecule has 0 radical (unpaired) electrons. The normalized spacial score (nSPS) is 21.3. The van der Waals surface area contributed by atoms with Gasteiger partial charge in [-0.2, -0.15) is 0 Å². The molecule has 1 aromatic carbocycles. The highest BCUT2D eigenvalue weighted by Crippen LogP contribution is 2.50. The molecule has 2 saturated carbocycles. The average Bonchev–Trinajstić information content (AvgIpc) is 3.29. The van der Waals surface area contributed by atoms with Crippen molar-refractivity contribution in [3.63, 3.8) is 0 Å². The van der Waals surface area contributed by atoms with Gasteiger partial charge in [-0.05, 0) is 48.6 Å². The molecule has 0 saturated heterocycles. The Morgan fingerprint density at radius 3 is 2.27 bits per heavy atom. The molecule has 1 N–H and O–H groups in total. The highest BCUT2D eigenvalue weighted by molar-refractivity contribution is 7.90. The van der Waals surface area contributed by atoms with Crippen molar-refractivity contribution in [1.29, 1.82) is 0 Å². The number of sulfone groups is 1. The Hall–Kier alpha value is -1.36. The van der Waals surface area contributed by atoms with Crippen LogP contribution in [-0.2, 0) is 20.0 Å². The molecule has 1 unspecified atom stereocenters. The van der Waals surface area contributed by atoms with E-state index in [1.165, 1.54) is 6.26 Å². The maximum atomic E-state index is 11.6. The lowest BCUT2D eigenvalue weighted by Crippen LogP contribution is -2.20. The lowest BCUT2D eigenvalue weighted by molar-refractivity contribution is -0.137. The van der Waals surface area contributed by atoms with Crippen LogP contribution in [0.25, 0.3) is 0 Å². The number of carboxylic acid groups (broad SMARTS) is 1. The lowest BCUT2D eigenvalue weighted by atomic mass is 9.88. The van der Waals surface area contributed by atoms with Gasteiger partial charge in [0, 0.05) is 11.7 Å². The molecule has 0 amide bonds. The topological polar surface area (TPSA) is 71.4 Å². The van der Waals surface area contributed by atoms with E-state index in [0.717, 1.165) is 36.8 Å². The van der Waals surface area contributed by atoms with Gasteiger partial charge >= 0.3 is 5.97 Å². The number of aliphatic carboxylic acids is 1. The summed E-state index contributed by atoms with van der Waals surface area (Å²) in [7, 11) is -2.99. The second kappa shape index (κ2) is 5.37. The first-order chi connectivity index (χ1) is 10.3. The zero-order valence-corrected chi connectivity index (χ0v) is 13.6. The minimum atomic E-state index is -2.99. The van der Waals surface area contributed by atoms with E-state index in [0.29, 0.717) is 5.92 Å². The smallest absolute Gasteiger partial charge is 0.303 e. The van der Waals surface area contributed by atoms with Crippen molar-refractivity contribution in [2.75, 3.05) is 12.0 Å². The Balaban J connectivity index is 1.79. The van der Waals surface area contributed by atoms with Gasteiger partial charge in [-0.3, -0.25) is 4.79 Å². The Kier molecular flexibility index (Phi) is 3.79. The third kappa shape index (κ3) is 3.51. The molecule has 0 aliphatic heterocycles. The number of hydrogen-bond donors (Lipinski definition) is 1. The highest BCUT2D eigenvalue weighted by Gasteiger charge is 2.46. The van der Waals surface area contributed by atoms with Crippen LogP contribution in [0, 0.1) is 5.92 Å². The number of rotatable bonds is 7. The van der Waals surface area contributed by atoms with Gasteiger partial charge in [0.1, 0.15) is 9.84 Å². The SMILES string of the molecule is CS(=O)(=O)CC1(c2ccc(C(CC(=O)O)C3CC3)cc2)CC1. The van der Waals surface area contributed by atoms with Crippen LogP contribution in [0.5, 0.6) is 0 Å². The van der Waals surface area contributed by atoms with Gasteiger partial charge in [-0.25, -0.2) is 8.42 Å². The molecule has 2 fully saturated rings. The molecule has 0 heterocycles. The largest absolute Gasteiger partial charge is 0.481 e. The van der Waals surface area contributed by atoms with Crippen molar-refractivity contribution in [3.05, 3.63) is 35.4 Å². The summed E-state index contributed by atoms with van der Waals surface area (Å²) >= 11 is 0. The number of carbonyl (C=O) groups is 1. The van der Waals surface area contributed by atoms with E-state index < -0.39 is 15.8 Å². The third-order valence-corrected chi connectivity index (χ3v) is 6.01. The molecule has 1 aromatic rings. The average molecular weight is 322 g/mol. The van der Waals surface area contributed by atoms with Crippen LogP contribution in [0.3, 0.4) is 0 Å². The summed E-state index contributed by atoms with van der Waals surface area (Å²) in [5.74, 6) is 0.0433. The maximum Gasteiger partial charge on any atom is 0.303 e. The summed E-state index contributed by atoms with van der Waals surface area (Å²) in [4.78, 5) is 11.0. The van der Waals surface area contributed by atoms with E-state index >= 15 is 0 Å². The number of benzene rings is 1. The number of carboxylic acids is 1. The summed E-state index contributed by atoms with van der Waals surface area (Å²) in [6.07, 6.45) is 5.52. The Labute approximate surface area is 131 Å². The van der Waals surface area contributed by atoms with Crippen molar-refractivity contribution in [2.24, 2.45) is 5.92 Å². The zero-order valence-electron chi connectivity index (χ0n) is 12.8.